The zero-order valence-corrected chi connectivity index (χ0v) is 18.4. The Bertz CT molecular complexity index is 1120. The summed E-state index contributed by atoms with van der Waals surface area (Å²) in [5.41, 5.74) is 2.48. The number of anilines is 2. The first-order chi connectivity index (χ1) is 15.3. The molecule has 1 aliphatic rings. The molecule has 0 bridgehead atoms. The zero-order valence-electron chi connectivity index (χ0n) is 17.5. The van der Waals surface area contributed by atoms with Gasteiger partial charge in [-0.25, -0.2) is 0 Å². The lowest BCUT2D eigenvalue weighted by Crippen LogP contribution is -2.38. The normalized spacial score (nSPS) is 15.6. The number of nitrogens with zero attached hydrogens (tertiary/aromatic N) is 2. The molecule has 0 fully saturated rings. The van der Waals surface area contributed by atoms with Gasteiger partial charge in [-0.15, -0.1) is 0 Å². The van der Waals surface area contributed by atoms with Gasteiger partial charge in [0, 0.05) is 23.4 Å². The van der Waals surface area contributed by atoms with Gasteiger partial charge in [0.15, 0.2) is 0 Å². The molecular weight excluding hydrogens is 395 g/mol. The quantitative estimate of drug-likeness (QED) is 0.389. The fraction of sp³-hybridized carbons (Fsp3) is 0.0714. The second-order valence-electron chi connectivity index (χ2n) is 7.58. The van der Waals surface area contributed by atoms with Gasteiger partial charge in [-0.3, -0.25) is 0 Å². The Labute approximate surface area is 185 Å². The van der Waals surface area contributed by atoms with Crippen molar-refractivity contribution in [2.75, 3.05) is 9.80 Å². The lowest BCUT2D eigenvalue weighted by molar-refractivity contribution is 0.751. The lowest BCUT2D eigenvalue weighted by atomic mass is 10.2. The van der Waals surface area contributed by atoms with Crippen molar-refractivity contribution in [2.45, 2.75) is 13.1 Å². The first-order valence-electron chi connectivity index (χ1n) is 10.6. The monoisotopic (exact) mass is 420 g/mol. The van der Waals surface area contributed by atoms with Gasteiger partial charge in [0.1, 0.15) is 6.17 Å². The predicted molar refractivity (Wildman–Crippen MR) is 135 cm³/mol. The molecule has 0 amide bonds. The third-order valence-electron chi connectivity index (χ3n) is 5.68. The molecule has 1 atom stereocenters. The summed E-state index contributed by atoms with van der Waals surface area (Å²) in [5.74, 6) is 0. The van der Waals surface area contributed by atoms with Crippen LogP contribution in [-0.2, 0) is 0 Å². The van der Waals surface area contributed by atoms with Gasteiger partial charge in [-0.1, -0.05) is 97.1 Å². The molecular formula is C28H25N2P. The standard InChI is InChI=1S/C28H25N2P/c1-23-29(24-13-5-2-6-14-24)21-22-30(23)27-19-11-12-20-28(27)31(25-15-7-3-8-16-25)26-17-9-4-10-18-26/h2-23H,1H3. The van der Waals surface area contributed by atoms with Crippen LogP contribution < -0.4 is 25.7 Å². The van der Waals surface area contributed by atoms with Gasteiger partial charge in [0.2, 0.25) is 0 Å². The van der Waals surface area contributed by atoms with Crippen molar-refractivity contribution in [3.05, 3.63) is 128 Å². The van der Waals surface area contributed by atoms with Gasteiger partial charge in [0.05, 0.1) is 5.69 Å². The van der Waals surface area contributed by atoms with Crippen molar-refractivity contribution in [2.24, 2.45) is 0 Å². The van der Waals surface area contributed by atoms with Crippen LogP contribution in [0.1, 0.15) is 6.92 Å². The Morgan fingerprint density at radius 1 is 0.548 bits per heavy atom. The van der Waals surface area contributed by atoms with Crippen LogP contribution in [0.5, 0.6) is 0 Å². The average Bonchev–Trinajstić information content (AvgIpc) is 3.23. The first-order valence-corrected chi connectivity index (χ1v) is 12.0. The van der Waals surface area contributed by atoms with Crippen LogP contribution in [0.3, 0.4) is 0 Å². The van der Waals surface area contributed by atoms with E-state index in [-0.39, 0.29) is 6.17 Å². The molecule has 0 saturated carbocycles. The molecule has 1 unspecified atom stereocenters. The van der Waals surface area contributed by atoms with Crippen molar-refractivity contribution >= 4 is 35.2 Å². The molecule has 4 aromatic rings. The van der Waals surface area contributed by atoms with Crippen molar-refractivity contribution in [1.82, 2.24) is 0 Å². The molecule has 5 rings (SSSR count). The number of hydrogen-bond acceptors (Lipinski definition) is 2. The first kappa shape index (κ1) is 19.6. The Kier molecular flexibility index (Phi) is 5.56. The summed E-state index contributed by atoms with van der Waals surface area (Å²) in [7, 11) is -0.665. The molecule has 3 heteroatoms. The minimum atomic E-state index is -0.665. The Hall–Kier alpha value is -3.35. The van der Waals surface area contributed by atoms with Gasteiger partial charge in [-0.05, 0) is 43.7 Å². The van der Waals surface area contributed by atoms with E-state index < -0.39 is 7.92 Å². The minimum absolute atomic E-state index is 0.201. The van der Waals surface area contributed by atoms with E-state index in [0.717, 1.165) is 0 Å². The van der Waals surface area contributed by atoms with Crippen LogP contribution in [0.4, 0.5) is 11.4 Å². The summed E-state index contributed by atoms with van der Waals surface area (Å²) in [6.07, 6.45) is 4.59. The second kappa shape index (κ2) is 8.79. The van der Waals surface area contributed by atoms with Crippen LogP contribution in [0.15, 0.2) is 128 Å². The van der Waals surface area contributed by atoms with E-state index in [1.807, 2.05) is 0 Å². The van der Waals surface area contributed by atoms with Gasteiger partial charge < -0.3 is 9.80 Å². The highest BCUT2D eigenvalue weighted by Crippen LogP contribution is 2.38. The highest BCUT2D eigenvalue weighted by atomic mass is 31.1. The van der Waals surface area contributed by atoms with E-state index in [1.165, 1.54) is 27.3 Å². The van der Waals surface area contributed by atoms with Crippen molar-refractivity contribution < 1.29 is 0 Å². The number of rotatable bonds is 5. The molecule has 0 spiro atoms. The molecule has 31 heavy (non-hydrogen) atoms. The molecule has 1 heterocycles. The number of hydrogen-bond donors (Lipinski definition) is 0. The third kappa shape index (κ3) is 3.87. The zero-order chi connectivity index (χ0) is 21.0. The molecule has 152 valence electrons. The molecule has 4 aromatic carbocycles. The van der Waals surface area contributed by atoms with E-state index in [0.29, 0.717) is 0 Å². The second-order valence-corrected chi connectivity index (χ2v) is 9.76. The summed E-state index contributed by atoms with van der Waals surface area (Å²) < 4.78 is 0. The maximum absolute atomic E-state index is 2.39. The molecule has 0 saturated heterocycles. The molecule has 0 aliphatic carbocycles. The van der Waals surface area contributed by atoms with Gasteiger partial charge >= 0.3 is 0 Å². The summed E-state index contributed by atoms with van der Waals surface area (Å²) in [6.45, 7) is 2.26. The van der Waals surface area contributed by atoms with E-state index in [9.17, 15) is 0 Å². The SMILES string of the molecule is CC1N(c2ccccc2)C=CN1c1ccccc1P(c1ccccc1)c1ccccc1. The summed E-state index contributed by atoms with van der Waals surface area (Å²) in [5, 5.41) is 4.11. The van der Waals surface area contributed by atoms with Crippen LogP contribution >= 0.6 is 7.92 Å². The van der Waals surface area contributed by atoms with E-state index in [1.54, 1.807) is 0 Å². The molecule has 0 aromatic heterocycles. The Morgan fingerprint density at radius 3 is 1.65 bits per heavy atom. The number of benzene rings is 4. The minimum Gasteiger partial charge on any atom is -0.326 e. The van der Waals surface area contributed by atoms with Crippen molar-refractivity contribution in [3.63, 3.8) is 0 Å². The lowest BCUT2D eigenvalue weighted by Gasteiger charge is -2.32. The van der Waals surface area contributed by atoms with Gasteiger partial charge in [0.25, 0.3) is 0 Å². The third-order valence-corrected chi connectivity index (χ3v) is 8.17. The van der Waals surface area contributed by atoms with Crippen LogP contribution in [-0.4, -0.2) is 6.17 Å². The topological polar surface area (TPSA) is 6.48 Å². The largest absolute Gasteiger partial charge is 0.326 e. The predicted octanol–water partition coefficient (Wildman–Crippen LogP) is 5.59. The van der Waals surface area contributed by atoms with Crippen molar-refractivity contribution in [3.8, 4) is 0 Å². The van der Waals surface area contributed by atoms with Crippen LogP contribution in [0.25, 0.3) is 0 Å². The van der Waals surface area contributed by atoms with Gasteiger partial charge in [-0.2, -0.15) is 0 Å². The van der Waals surface area contributed by atoms with E-state index >= 15 is 0 Å². The summed E-state index contributed by atoms with van der Waals surface area (Å²) >= 11 is 0. The molecule has 1 aliphatic heterocycles. The van der Waals surface area contributed by atoms with E-state index in [4.69, 9.17) is 0 Å². The average molecular weight is 420 g/mol. The maximum Gasteiger partial charge on any atom is 0.107 e. The highest BCUT2D eigenvalue weighted by Gasteiger charge is 2.28. The molecule has 0 N–H and O–H groups in total. The number of para-hydroxylation sites is 2. The summed E-state index contributed by atoms with van der Waals surface area (Å²) in [4.78, 5) is 4.72. The smallest absolute Gasteiger partial charge is 0.107 e. The Balaban J connectivity index is 1.58. The van der Waals surface area contributed by atoms with Crippen LogP contribution in [0, 0.1) is 0 Å². The highest BCUT2D eigenvalue weighted by molar-refractivity contribution is 7.80. The molecule has 0 radical (unpaired) electrons. The maximum atomic E-state index is 2.39. The fourth-order valence-corrected chi connectivity index (χ4v) is 6.61. The van der Waals surface area contributed by atoms with Crippen LogP contribution in [0.2, 0.25) is 0 Å². The van der Waals surface area contributed by atoms with Crippen molar-refractivity contribution in [1.29, 1.82) is 0 Å². The van der Waals surface area contributed by atoms with E-state index in [2.05, 4.69) is 144 Å². The Morgan fingerprint density at radius 2 is 1.03 bits per heavy atom. The molecule has 2 nitrogen and oxygen atoms in total. The fourth-order valence-electron chi connectivity index (χ4n) is 4.16. The summed E-state index contributed by atoms with van der Waals surface area (Å²) in [6, 6.07) is 41.2.